The molecule has 0 spiro atoms. The van der Waals surface area contributed by atoms with Gasteiger partial charge in [-0.15, -0.1) is 0 Å². The van der Waals surface area contributed by atoms with E-state index in [9.17, 15) is 13.2 Å². The third-order valence-electron chi connectivity index (χ3n) is 7.08. The molecular weight excluding hydrogens is 601 g/mol. The van der Waals surface area contributed by atoms with Gasteiger partial charge in [-0.2, -0.15) is 13.2 Å². The van der Waals surface area contributed by atoms with Gasteiger partial charge in [-0.05, 0) is 67.9 Å². The van der Waals surface area contributed by atoms with Crippen LogP contribution in [0.3, 0.4) is 0 Å². The smallest absolute Gasteiger partial charge is 0.417 e. The van der Waals surface area contributed by atoms with Crippen LogP contribution in [-0.2, 0) is 6.18 Å². The standard InChI is InChI=1S/C31H32ClF3N4O3S/c1-38-13-15-39(16-14-38)12-5-17-41-29-20-25-22(19-28(29)40-2)26(10-11-36-25)42-27-9-8-21(18-24(27)32)37-43-30-7-4-3-6-23(30)31(33,34)35/h3-4,6-11,18-20,37H,5,12-17H2,1-2H3. The number of benzene rings is 3. The summed E-state index contributed by atoms with van der Waals surface area (Å²) in [5, 5.41) is 0.994. The molecule has 0 atom stereocenters. The predicted octanol–water partition coefficient (Wildman–Crippen LogP) is 7.84. The molecule has 1 N–H and O–H groups in total. The highest BCUT2D eigenvalue weighted by Gasteiger charge is 2.33. The number of nitrogens with one attached hydrogen (secondary N) is 1. The Hall–Kier alpha value is -3.38. The van der Waals surface area contributed by atoms with E-state index in [0.717, 1.165) is 57.2 Å². The van der Waals surface area contributed by atoms with Crippen molar-refractivity contribution in [1.82, 2.24) is 14.8 Å². The Morgan fingerprint density at radius 1 is 0.953 bits per heavy atom. The van der Waals surface area contributed by atoms with E-state index in [1.54, 1.807) is 43.6 Å². The summed E-state index contributed by atoms with van der Waals surface area (Å²) in [4.78, 5) is 9.33. The molecule has 43 heavy (non-hydrogen) atoms. The van der Waals surface area contributed by atoms with Crippen LogP contribution in [0.1, 0.15) is 12.0 Å². The lowest BCUT2D eigenvalue weighted by Gasteiger charge is -2.32. The summed E-state index contributed by atoms with van der Waals surface area (Å²) in [6, 6.07) is 15.7. The number of halogens is 4. The van der Waals surface area contributed by atoms with Gasteiger partial charge in [-0.25, -0.2) is 0 Å². The summed E-state index contributed by atoms with van der Waals surface area (Å²) in [5.74, 6) is 2.06. The number of pyridine rings is 1. The molecule has 0 aliphatic carbocycles. The van der Waals surface area contributed by atoms with Crippen molar-refractivity contribution < 1.29 is 27.4 Å². The number of hydrogen-bond acceptors (Lipinski definition) is 8. The Kier molecular flexibility index (Phi) is 10.1. The van der Waals surface area contributed by atoms with Gasteiger partial charge in [0.1, 0.15) is 11.5 Å². The van der Waals surface area contributed by atoms with Crippen molar-refractivity contribution >= 4 is 40.1 Å². The van der Waals surface area contributed by atoms with Gasteiger partial charge < -0.3 is 28.7 Å². The van der Waals surface area contributed by atoms with Crippen LogP contribution in [0.15, 0.2) is 71.8 Å². The van der Waals surface area contributed by atoms with Gasteiger partial charge in [0.25, 0.3) is 0 Å². The molecule has 0 radical (unpaired) electrons. The maximum Gasteiger partial charge on any atom is 0.417 e. The van der Waals surface area contributed by atoms with Crippen LogP contribution < -0.4 is 18.9 Å². The van der Waals surface area contributed by atoms with Crippen molar-refractivity contribution in [1.29, 1.82) is 0 Å². The molecule has 1 saturated heterocycles. The van der Waals surface area contributed by atoms with E-state index in [2.05, 4.69) is 26.6 Å². The third kappa shape index (κ3) is 7.97. The van der Waals surface area contributed by atoms with E-state index in [-0.39, 0.29) is 9.92 Å². The maximum absolute atomic E-state index is 13.3. The molecule has 3 aromatic carbocycles. The number of methoxy groups -OCH3 is 1. The Morgan fingerprint density at radius 3 is 2.49 bits per heavy atom. The lowest BCUT2D eigenvalue weighted by molar-refractivity contribution is -0.139. The first kappa shape index (κ1) is 31.1. The highest BCUT2D eigenvalue weighted by molar-refractivity contribution is 8.00. The van der Waals surface area contributed by atoms with E-state index in [0.29, 0.717) is 46.2 Å². The van der Waals surface area contributed by atoms with Gasteiger partial charge in [0, 0.05) is 61.0 Å². The molecule has 0 bridgehead atoms. The molecule has 0 amide bonds. The van der Waals surface area contributed by atoms with Gasteiger partial charge in [0.2, 0.25) is 0 Å². The maximum atomic E-state index is 13.3. The molecule has 1 aromatic heterocycles. The molecule has 7 nitrogen and oxygen atoms in total. The lowest BCUT2D eigenvalue weighted by Crippen LogP contribution is -2.44. The van der Waals surface area contributed by atoms with Crippen molar-refractivity contribution in [3.63, 3.8) is 0 Å². The number of rotatable bonds is 11. The zero-order valence-corrected chi connectivity index (χ0v) is 25.4. The third-order valence-corrected chi connectivity index (χ3v) is 8.29. The number of fused-ring (bicyclic) bond motifs is 1. The lowest BCUT2D eigenvalue weighted by atomic mass is 10.1. The van der Waals surface area contributed by atoms with E-state index in [1.165, 1.54) is 12.1 Å². The Balaban J connectivity index is 1.25. The van der Waals surface area contributed by atoms with Gasteiger partial charge in [-0.1, -0.05) is 23.7 Å². The van der Waals surface area contributed by atoms with Crippen molar-refractivity contribution in [2.24, 2.45) is 0 Å². The predicted molar refractivity (Wildman–Crippen MR) is 165 cm³/mol. The number of anilines is 1. The monoisotopic (exact) mass is 632 g/mol. The molecule has 2 heterocycles. The number of ether oxygens (including phenoxy) is 3. The second kappa shape index (κ2) is 13.9. The number of aromatic nitrogens is 1. The minimum Gasteiger partial charge on any atom is -0.493 e. The summed E-state index contributed by atoms with van der Waals surface area (Å²) < 4.78 is 60.8. The zero-order chi connectivity index (χ0) is 30.4. The van der Waals surface area contributed by atoms with Crippen molar-refractivity contribution in [2.45, 2.75) is 17.5 Å². The first-order valence-corrected chi connectivity index (χ1v) is 15.0. The van der Waals surface area contributed by atoms with Crippen LogP contribution in [0.2, 0.25) is 5.02 Å². The fourth-order valence-electron chi connectivity index (χ4n) is 4.70. The van der Waals surface area contributed by atoms with Crippen LogP contribution in [0.25, 0.3) is 10.9 Å². The van der Waals surface area contributed by atoms with Crippen molar-refractivity contribution in [3.8, 4) is 23.0 Å². The molecule has 0 unspecified atom stereocenters. The molecule has 228 valence electrons. The van der Waals surface area contributed by atoms with Crippen LogP contribution in [0, 0.1) is 0 Å². The quantitative estimate of drug-likeness (QED) is 0.133. The Labute approximate surface area is 258 Å². The van der Waals surface area contributed by atoms with Gasteiger partial charge in [0.15, 0.2) is 11.5 Å². The summed E-state index contributed by atoms with van der Waals surface area (Å²) in [5.41, 5.74) is 0.481. The summed E-state index contributed by atoms with van der Waals surface area (Å²) >= 11 is 7.37. The highest BCUT2D eigenvalue weighted by Crippen LogP contribution is 2.40. The zero-order valence-electron chi connectivity index (χ0n) is 23.8. The van der Waals surface area contributed by atoms with Crippen LogP contribution >= 0.6 is 23.5 Å². The highest BCUT2D eigenvalue weighted by atomic mass is 35.5. The average molecular weight is 633 g/mol. The fraction of sp³-hybridized carbons (Fsp3) is 0.323. The number of alkyl halides is 3. The molecular formula is C31H32ClF3N4O3S. The first-order chi connectivity index (χ1) is 20.7. The van der Waals surface area contributed by atoms with Crippen LogP contribution in [0.4, 0.5) is 18.9 Å². The first-order valence-electron chi connectivity index (χ1n) is 13.8. The summed E-state index contributed by atoms with van der Waals surface area (Å²) in [6.45, 7) is 5.85. The summed E-state index contributed by atoms with van der Waals surface area (Å²) in [7, 11) is 3.73. The molecule has 1 fully saturated rings. The van der Waals surface area contributed by atoms with Crippen molar-refractivity contribution in [3.05, 3.63) is 77.4 Å². The largest absolute Gasteiger partial charge is 0.493 e. The number of nitrogens with zero attached hydrogens (tertiary/aromatic N) is 3. The molecule has 12 heteroatoms. The van der Waals surface area contributed by atoms with E-state index >= 15 is 0 Å². The molecule has 5 rings (SSSR count). The average Bonchev–Trinajstić information content (AvgIpc) is 2.99. The molecule has 1 aliphatic rings. The van der Waals surface area contributed by atoms with Crippen molar-refractivity contribution in [2.75, 3.05) is 58.2 Å². The number of likely N-dealkylation sites (N-methyl/N-ethyl adjacent to an activating group) is 1. The second-order valence-electron chi connectivity index (χ2n) is 10.1. The fourth-order valence-corrected chi connectivity index (χ4v) is 5.72. The van der Waals surface area contributed by atoms with Crippen LogP contribution in [0.5, 0.6) is 23.0 Å². The Bertz CT molecular complexity index is 1550. The SMILES string of the molecule is COc1cc2c(Oc3ccc(NSc4ccccc4C(F)(F)F)cc3Cl)ccnc2cc1OCCCN1CCN(C)CC1. The van der Waals surface area contributed by atoms with E-state index in [4.69, 9.17) is 25.8 Å². The molecule has 4 aromatic rings. The Morgan fingerprint density at radius 2 is 1.74 bits per heavy atom. The minimum absolute atomic E-state index is 0.0574. The van der Waals surface area contributed by atoms with E-state index in [1.807, 2.05) is 12.1 Å². The number of hydrogen-bond donors (Lipinski definition) is 1. The summed E-state index contributed by atoms with van der Waals surface area (Å²) in [6.07, 6.45) is -1.91. The minimum atomic E-state index is -4.45. The normalized spacial score (nSPS) is 14.6. The second-order valence-corrected chi connectivity index (χ2v) is 11.4. The van der Waals surface area contributed by atoms with Crippen LogP contribution in [-0.4, -0.2) is 68.3 Å². The molecule has 0 saturated carbocycles. The topological polar surface area (TPSA) is 59.1 Å². The van der Waals surface area contributed by atoms with E-state index < -0.39 is 11.7 Å². The number of piperazine rings is 1. The molecule has 1 aliphatic heterocycles. The van der Waals surface area contributed by atoms with Gasteiger partial charge in [0.05, 0.1) is 29.8 Å². The van der Waals surface area contributed by atoms with Gasteiger partial charge >= 0.3 is 6.18 Å². The van der Waals surface area contributed by atoms with Gasteiger partial charge in [-0.3, -0.25) is 4.98 Å².